The van der Waals surface area contributed by atoms with Crippen LogP contribution in [0.25, 0.3) is 5.69 Å². The molecule has 0 atom stereocenters. The van der Waals surface area contributed by atoms with Crippen molar-refractivity contribution in [1.29, 1.82) is 0 Å². The maximum absolute atomic E-state index is 13.1. The predicted octanol–water partition coefficient (Wildman–Crippen LogP) is 3.63. The lowest BCUT2D eigenvalue weighted by atomic mass is 10.3. The van der Waals surface area contributed by atoms with Crippen molar-refractivity contribution in [2.24, 2.45) is 0 Å². The summed E-state index contributed by atoms with van der Waals surface area (Å²) >= 11 is 6.05. The first kappa shape index (κ1) is 19.7. The molecule has 0 fully saturated rings. The number of hydrogen-bond acceptors (Lipinski definition) is 4. The molecule has 0 aliphatic heterocycles. The SMILES string of the molecule is O=C(COc1cc(C(F)(F)F)nn1-c1ccccc1Cl)NCc1ccncc1. The summed E-state index contributed by atoms with van der Waals surface area (Å²) < 4.78 is 45.4. The van der Waals surface area contributed by atoms with E-state index in [2.05, 4.69) is 15.4 Å². The average Bonchev–Trinajstić information content (AvgIpc) is 3.10. The number of nitrogens with zero attached hydrogens (tertiary/aromatic N) is 3. The summed E-state index contributed by atoms with van der Waals surface area (Å²) in [6.07, 6.45) is -1.51. The monoisotopic (exact) mass is 410 g/mol. The number of ether oxygens (including phenoxy) is 1. The molecule has 3 aromatic rings. The molecule has 0 aliphatic rings. The van der Waals surface area contributed by atoms with Gasteiger partial charge in [0, 0.05) is 25.0 Å². The van der Waals surface area contributed by atoms with Crippen LogP contribution in [0.2, 0.25) is 5.02 Å². The van der Waals surface area contributed by atoms with E-state index < -0.39 is 24.4 Å². The van der Waals surface area contributed by atoms with Gasteiger partial charge in [0.1, 0.15) is 0 Å². The number of para-hydroxylation sites is 1. The first-order valence-corrected chi connectivity index (χ1v) is 8.43. The Morgan fingerprint density at radius 2 is 1.89 bits per heavy atom. The molecule has 1 aromatic carbocycles. The Hall–Kier alpha value is -3.07. The van der Waals surface area contributed by atoms with Gasteiger partial charge in [-0.1, -0.05) is 23.7 Å². The summed E-state index contributed by atoms with van der Waals surface area (Å²) in [6, 6.07) is 10.4. The summed E-state index contributed by atoms with van der Waals surface area (Å²) in [7, 11) is 0. The molecule has 1 N–H and O–H groups in total. The molecule has 2 heterocycles. The zero-order chi connectivity index (χ0) is 20.1. The summed E-state index contributed by atoms with van der Waals surface area (Å²) in [5.41, 5.74) is -0.129. The average molecular weight is 411 g/mol. The van der Waals surface area contributed by atoms with E-state index in [4.69, 9.17) is 16.3 Å². The van der Waals surface area contributed by atoms with Gasteiger partial charge in [0.15, 0.2) is 12.3 Å². The molecule has 0 radical (unpaired) electrons. The third kappa shape index (κ3) is 4.80. The van der Waals surface area contributed by atoms with Crippen LogP contribution in [0.15, 0.2) is 54.9 Å². The van der Waals surface area contributed by atoms with Gasteiger partial charge in [0.25, 0.3) is 5.91 Å². The van der Waals surface area contributed by atoms with E-state index in [1.807, 2.05) is 0 Å². The van der Waals surface area contributed by atoms with E-state index in [-0.39, 0.29) is 23.1 Å². The van der Waals surface area contributed by atoms with Gasteiger partial charge in [-0.3, -0.25) is 9.78 Å². The molecule has 3 rings (SSSR count). The van der Waals surface area contributed by atoms with Crippen molar-refractivity contribution in [3.63, 3.8) is 0 Å². The van der Waals surface area contributed by atoms with Crippen molar-refractivity contribution in [3.05, 3.63) is 71.1 Å². The number of halogens is 4. The van der Waals surface area contributed by atoms with Gasteiger partial charge < -0.3 is 10.1 Å². The van der Waals surface area contributed by atoms with E-state index >= 15 is 0 Å². The minimum atomic E-state index is -4.67. The summed E-state index contributed by atoms with van der Waals surface area (Å²) in [6.45, 7) is -0.249. The van der Waals surface area contributed by atoms with Gasteiger partial charge in [-0.05, 0) is 29.8 Å². The number of carbonyl (C=O) groups excluding carboxylic acids is 1. The van der Waals surface area contributed by atoms with Gasteiger partial charge >= 0.3 is 6.18 Å². The fraction of sp³-hybridized carbons (Fsp3) is 0.167. The Labute approximate surface area is 162 Å². The van der Waals surface area contributed by atoms with Crippen LogP contribution >= 0.6 is 11.6 Å². The topological polar surface area (TPSA) is 69.0 Å². The van der Waals surface area contributed by atoms with Gasteiger partial charge in [-0.15, -0.1) is 0 Å². The second-order valence-electron chi connectivity index (χ2n) is 5.65. The van der Waals surface area contributed by atoms with Crippen molar-refractivity contribution in [2.45, 2.75) is 12.7 Å². The van der Waals surface area contributed by atoms with Crippen LogP contribution in [0.1, 0.15) is 11.3 Å². The number of carbonyl (C=O) groups is 1. The molecule has 0 unspecified atom stereocenters. The summed E-state index contributed by atoms with van der Waals surface area (Å²) in [5, 5.41) is 6.32. The van der Waals surface area contributed by atoms with Crippen LogP contribution in [0.5, 0.6) is 5.88 Å². The molecule has 0 bridgehead atoms. The Kier molecular flexibility index (Phi) is 5.84. The van der Waals surface area contributed by atoms with Crippen molar-refractivity contribution in [2.75, 3.05) is 6.61 Å². The number of benzene rings is 1. The number of rotatable bonds is 6. The maximum Gasteiger partial charge on any atom is 0.435 e. The van der Waals surface area contributed by atoms with E-state index in [0.717, 1.165) is 16.3 Å². The highest BCUT2D eigenvalue weighted by molar-refractivity contribution is 6.32. The van der Waals surface area contributed by atoms with Crippen molar-refractivity contribution in [1.82, 2.24) is 20.1 Å². The lowest BCUT2D eigenvalue weighted by molar-refractivity contribution is -0.141. The smallest absolute Gasteiger partial charge is 0.435 e. The Morgan fingerprint density at radius 3 is 2.57 bits per heavy atom. The minimum absolute atomic E-state index is 0.186. The zero-order valence-electron chi connectivity index (χ0n) is 14.3. The second kappa shape index (κ2) is 8.30. The summed E-state index contributed by atoms with van der Waals surface area (Å²) in [5.74, 6) is -0.753. The van der Waals surface area contributed by atoms with Gasteiger partial charge in [-0.25, -0.2) is 0 Å². The number of pyridine rings is 1. The molecule has 0 aliphatic carbocycles. The van der Waals surface area contributed by atoms with Crippen LogP contribution in [-0.2, 0) is 17.5 Å². The molecule has 1 amide bonds. The lowest BCUT2D eigenvalue weighted by Crippen LogP contribution is -2.28. The van der Waals surface area contributed by atoms with Crippen LogP contribution in [-0.4, -0.2) is 27.3 Å². The van der Waals surface area contributed by atoms with Gasteiger partial charge in [0.05, 0.1) is 10.7 Å². The number of alkyl halides is 3. The fourth-order valence-corrected chi connectivity index (χ4v) is 2.51. The number of hydrogen-bond donors (Lipinski definition) is 1. The molecular formula is C18H14ClF3N4O2. The molecule has 0 saturated carbocycles. The number of aromatic nitrogens is 3. The largest absolute Gasteiger partial charge is 0.467 e. The third-order valence-corrected chi connectivity index (χ3v) is 3.96. The van der Waals surface area contributed by atoms with Crippen LogP contribution in [0.4, 0.5) is 13.2 Å². The Balaban J connectivity index is 1.74. The van der Waals surface area contributed by atoms with Crippen molar-refractivity contribution in [3.8, 4) is 11.6 Å². The first-order valence-electron chi connectivity index (χ1n) is 8.05. The summed E-state index contributed by atoms with van der Waals surface area (Å²) in [4.78, 5) is 15.8. The van der Waals surface area contributed by atoms with Crippen molar-refractivity contribution >= 4 is 17.5 Å². The molecule has 6 nitrogen and oxygen atoms in total. The third-order valence-electron chi connectivity index (χ3n) is 3.64. The second-order valence-corrected chi connectivity index (χ2v) is 6.06. The van der Waals surface area contributed by atoms with Gasteiger partial charge in [-0.2, -0.15) is 23.0 Å². The van der Waals surface area contributed by atoms with Gasteiger partial charge in [0.2, 0.25) is 5.88 Å². The van der Waals surface area contributed by atoms with Crippen LogP contribution in [0, 0.1) is 0 Å². The van der Waals surface area contributed by atoms with E-state index in [9.17, 15) is 18.0 Å². The fourth-order valence-electron chi connectivity index (χ4n) is 2.29. The Bertz CT molecular complexity index is 961. The van der Waals surface area contributed by atoms with E-state index in [1.165, 1.54) is 12.1 Å². The molecule has 0 spiro atoms. The van der Waals surface area contributed by atoms with Crippen LogP contribution < -0.4 is 10.1 Å². The number of nitrogens with one attached hydrogen (secondary N) is 1. The standard InChI is InChI=1S/C18H14ClF3N4O2/c19-13-3-1-2-4-14(13)26-17(9-15(25-26)18(20,21)22)28-11-16(27)24-10-12-5-7-23-8-6-12/h1-9H,10-11H2,(H,24,27). The maximum atomic E-state index is 13.1. The Morgan fingerprint density at radius 1 is 1.18 bits per heavy atom. The molecule has 28 heavy (non-hydrogen) atoms. The highest BCUT2D eigenvalue weighted by Gasteiger charge is 2.35. The highest BCUT2D eigenvalue weighted by Crippen LogP contribution is 2.33. The molecule has 146 valence electrons. The first-order chi connectivity index (χ1) is 13.3. The zero-order valence-corrected chi connectivity index (χ0v) is 15.0. The minimum Gasteiger partial charge on any atom is -0.467 e. The number of amides is 1. The molecule has 0 saturated heterocycles. The van der Waals surface area contributed by atoms with E-state index in [0.29, 0.717) is 0 Å². The molecular weight excluding hydrogens is 397 g/mol. The quantitative estimate of drug-likeness (QED) is 0.673. The normalized spacial score (nSPS) is 11.3. The predicted molar refractivity (Wildman–Crippen MR) is 95.2 cm³/mol. The molecule has 2 aromatic heterocycles. The van der Waals surface area contributed by atoms with E-state index in [1.54, 1.807) is 36.7 Å². The molecule has 10 heteroatoms. The lowest BCUT2D eigenvalue weighted by Gasteiger charge is -2.10. The highest BCUT2D eigenvalue weighted by atomic mass is 35.5. The van der Waals surface area contributed by atoms with Crippen molar-refractivity contribution < 1.29 is 22.7 Å². The van der Waals surface area contributed by atoms with Crippen LogP contribution in [0.3, 0.4) is 0 Å².